The predicted octanol–water partition coefficient (Wildman–Crippen LogP) is 1.45. The van der Waals surface area contributed by atoms with Crippen molar-refractivity contribution >= 4 is 39.6 Å². The van der Waals surface area contributed by atoms with Gasteiger partial charge < -0.3 is 16.4 Å². The highest BCUT2D eigenvalue weighted by Crippen LogP contribution is 2.34. The van der Waals surface area contributed by atoms with E-state index in [1.54, 1.807) is 11.3 Å². The molecule has 0 aromatic carbocycles. The molecule has 0 saturated carbocycles. The molecule has 7 heteroatoms. The second kappa shape index (κ2) is 4.25. The second-order valence-corrected chi connectivity index (χ2v) is 5.91. The Morgan fingerprint density at radius 3 is 3.11 bits per heavy atom. The van der Waals surface area contributed by atoms with Crippen LogP contribution >= 0.6 is 22.9 Å². The fourth-order valence-electron chi connectivity index (χ4n) is 2.16. The zero-order valence-corrected chi connectivity index (χ0v) is 11.2. The number of nitrogen functional groups attached to an aromatic ring is 1. The molecule has 0 spiro atoms. The minimum atomic E-state index is -0.507. The zero-order chi connectivity index (χ0) is 12.7. The number of anilines is 2. The number of nitrogens with zero attached hydrogens (tertiary/aromatic N) is 2. The smallest absolute Gasteiger partial charge is 0.255 e. The van der Waals surface area contributed by atoms with Crippen molar-refractivity contribution in [3.63, 3.8) is 0 Å². The van der Waals surface area contributed by atoms with Crippen LogP contribution in [0.3, 0.4) is 0 Å². The van der Waals surface area contributed by atoms with E-state index in [4.69, 9.17) is 11.5 Å². The van der Waals surface area contributed by atoms with Gasteiger partial charge in [-0.15, -0.1) is 11.3 Å². The average molecular weight is 280 g/mol. The first-order valence-electron chi connectivity index (χ1n) is 5.52. The third kappa shape index (κ3) is 1.75. The molecule has 0 aliphatic carbocycles. The lowest BCUT2D eigenvalue weighted by Gasteiger charge is -2.27. The number of rotatable bonds is 2. The molecule has 0 saturated heterocycles. The van der Waals surface area contributed by atoms with Crippen LogP contribution in [0, 0.1) is 0 Å². The molecule has 0 bridgehead atoms. The third-order valence-corrected chi connectivity index (χ3v) is 4.99. The second-order valence-electron chi connectivity index (χ2n) is 4.15. The van der Waals surface area contributed by atoms with Crippen molar-refractivity contribution in [2.45, 2.75) is 13.0 Å². The number of aromatic nitrogens is 1. The number of nitrogens with two attached hydrogens (primary N) is 2. The third-order valence-electron chi connectivity index (χ3n) is 3.04. The summed E-state index contributed by atoms with van der Waals surface area (Å²) in [5.74, 6) is -0.272. The minimum absolute atomic E-state index is 0.235. The van der Waals surface area contributed by atoms with Gasteiger partial charge in [0.1, 0.15) is 10.6 Å². The predicted molar refractivity (Wildman–Crippen MR) is 74.1 cm³/mol. The molecule has 0 unspecified atom stereocenters. The fraction of sp³-hybridized carbons (Fsp3) is 0.273. The molecule has 18 heavy (non-hydrogen) atoms. The lowest BCUT2D eigenvalue weighted by Crippen LogP contribution is -2.30. The van der Waals surface area contributed by atoms with Gasteiger partial charge in [-0.2, -0.15) is 4.37 Å². The Morgan fingerprint density at radius 1 is 1.50 bits per heavy atom. The molecule has 1 aliphatic rings. The maximum atomic E-state index is 11.4. The molecule has 4 N–H and O–H groups in total. The van der Waals surface area contributed by atoms with Gasteiger partial charge in [0.15, 0.2) is 5.82 Å². The monoisotopic (exact) mass is 280 g/mol. The van der Waals surface area contributed by atoms with E-state index in [1.165, 1.54) is 22.0 Å². The quantitative estimate of drug-likeness (QED) is 0.872. The van der Waals surface area contributed by atoms with Gasteiger partial charge in [0.05, 0.1) is 0 Å². The number of hydrogen-bond acceptors (Lipinski definition) is 6. The Labute approximate surface area is 112 Å². The standard InChI is InChI=1S/C11H12N4OS2/c12-9-8(10(13)16)11(18-14-9)15-3-1-7-6(5-15)2-4-17-7/h2,4H,1,3,5H2,(H2,12,14)(H2,13,16). The molecule has 94 valence electrons. The molecule has 1 amide bonds. The van der Waals surface area contributed by atoms with Gasteiger partial charge in [-0.05, 0) is 35.0 Å². The molecule has 5 nitrogen and oxygen atoms in total. The number of hydrogen-bond donors (Lipinski definition) is 2. The highest BCUT2D eigenvalue weighted by molar-refractivity contribution is 7.11. The van der Waals surface area contributed by atoms with Crippen LogP contribution in [0.1, 0.15) is 20.8 Å². The van der Waals surface area contributed by atoms with Crippen molar-refractivity contribution in [3.05, 3.63) is 27.5 Å². The van der Waals surface area contributed by atoms with E-state index in [9.17, 15) is 4.79 Å². The van der Waals surface area contributed by atoms with Crippen molar-refractivity contribution in [1.29, 1.82) is 0 Å². The van der Waals surface area contributed by atoms with Gasteiger partial charge in [0, 0.05) is 18.0 Å². The molecule has 1 aliphatic heterocycles. The SMILES string of the molecule is NC(=O)c1c(N)nsc1N1CCc2sccc2C1. The number of primary amides is 1. The molecule has 3 rings (SSSR count). The minimum Gasteiger partial charge on any atom is -0.382 e. The lowest BCUT2D eigenvalue weighted by molar-refractivity contribution is 0.100. The van der Waals surface area contributed by atoms with Gasteiger partial charge in [0.25, 0.3) is 5.91 Å². The molecular weight excluding hydrogens is 268 g/mol. The van der Waals surface area contributed by atoms with E-state index in [-0.39, 0.29) is 5.82 Å². The van der Waals surface area contributed by atoms with Crippen LogP contribution in [0.4, 0.5) is 10.8 Å². The van der Waals surface area contributed by atoms with Crippen LogP contribution in [0.15, 0.2) is 11.4 Å². The van der Waals surface area contributed by atoms with Crippen LogP contribution < -0.4 is 16.4 Å². The van der Waals surface area contributed by atoms with Crippen molar-refractivity contribution < 1.29 is 4.79 Å². The van der Waals surface area contributed by atoms with Crippen molar-refractivity contribution in [3.8, 4) is 0 Å². The summed E-state index contributed by atoms with van der Waals surface area (Å²) in [5, 5.41) is 2.89. The van der Waals surface area contributed by atoms with E-state index in [1.807, 2.05) is 0 Å². The highest BCUT2D eigenvalue weighted by atomic mass is 32.1. The Morgan fingerprint density at radius 2 is 2.33 bits per heavy atom. The summed E-state index contributed by atoms with van der Waals surface area (Å²) >= 11 is 3.02. The zero-order valence-electron chi connectivity index (χ0n) is 9.55. The summed E-state index contributed by atoms with van der Waals surface area (Å²) in [4.78, 5) is 15.0. The lowest BCUT2D eigenvalue weighted by atomic mass is 10.1. The van der Waals surface area contributed by atoms with Crippen LogP contribution in [0.25, 0.3) is 0 Å². The Bertz CT molecular complexity index is 604. The molecule has 2 aromatic heterocycles. The number of carbonyl (C=O) groups is 1. The maximum absolute atomic E-state index is 11.4. The first kappa shape index (κ1) is 11.5. The summed E-state index contributed by atoms with van der Waals surface area (Å²) < 4.78 is 4.04. The van der Waals surface area contributed by atoms with E-state index in [0.29, 0.717) is 5.56 Å². The van der Waals surface area contributed by atoms with Gasteiger partial charge in [-0.25, -0.2) is 0 Å². The van der Waals surface area contributed by atoms with E-state index in [2.05, 4.69) is 20.7 Å². The number of fused-ring (bicyclic) bond motifs is 1. The summed E-state index contributed by atoms with van der Waals surface area (Å²) in [6.07, 6.45) is 0.989. The van der Waals surface area contributed by atoms with E-state index in [0.717, 1.165) is 24.5 Å². The van der Waals surface area contributed by atoms with E-state index < -0.39 is 5.91 Å². The van der Waals surface area contributed by atoms with Gasteiger partial charge >= 0.3 is 0 Å². The molecule has 0 radical (unpaired) electrons. The van der Waals surface area contributed by atoms with Gasteiger partial charge in [-0.3, -0.25) is 4.79 Å². The number of amides is 1. The molecule has 3 heterocycles. The number of thiophene rings is 1. The fourth-order valence-corrected chi connectivity index (χ4v) is 3.90. The van der Waals surface area contributed by atoms with Crippen molar-refractivity contribution in [2.24, 2.45) is 5.73 Å². The largest absolute Gasteiger partial charge is 0.382 e. The summed E-state index contributed by atoms with van der Waals surface area (Å²) in [5.41, 5.74) is 12.7. The Hall–Kier alpha value is -1.60. The van der Waals surface area contributed by atoms with Crippen molar-refractivity contribution in [1.82, 2.24) is 4.37 Å². The average Bonchev–Trinajstić information content (AvgIpc) is 2.93. The highest BCUT2D eigenvalue weighted by Gasteiger charge is 2.25. The Kier molecular flexibility index (Phi) is 2.71. The summed E-state index contributed by atoms with van der Waals surface area (Å²) in [6.45, 7) is 1.66. The van der Waals surface area contributed by atoms with Gasteiger partial charge in [0.2, 0.25) is 0 Å². The summed E-state index contributed by atoms with van der Waals surface area (Å²) in [6, 6.07) is 2.13. The topological polar surface area (TPSA) is 85.2 Å². The Balaban J connectivity index is 1.96. The molecular formula is C11H12N4OS2. The van der Waals surface area contributed by atoms with Crippen LogP contribution in [0.5, 0.6) is 0 Å². The molecule has 0 fully saturated rings. The van der Waals surface area contributed by atoms with Gasteiger partial charge in [-0.1, -0.05) is 0 Å². The van der Waals surface area contributed by atoms with Crippen molar-refractivity contribution in [2.75, 3.05) is 17.2 Å². The molecule has 0 atom stereocenters. The normalized spacial score (nSPS) is 14.6. The summed E-state index contributed by atoms with van der Waals surface area (Å²) in [7, 11) is 0. The first-order valence-corrected chi connectivity index (χ1v) is 7.17. The van der Waals surface area contributed by atoms with Crippen LogP contribution in [-0.2, 0) is 13.0 Å². The van der Waals surface area contributed by atoms with Crippen LogP contribution in [0.2, 0.25) is 0 Å². The van der Waals surface area contributed by atoms with E-state index >= 15 is 0 Å². The molecule has 2 aromatic rings. The van der Waals surface area contributed by atoms with Crippen LogP contribution in [-0.4, -0.2) is 16.8 Å². The maximum Gasteiger partial charge on any atom is 0.255 e. The number of carbonyl (C=O) groups excluding carboxylic acids is 1. The first-order chi connectivity index (χ1) is 8.66.